The zero-order valence-electron chi connectivity index (χ0n) is 12.6. The van der Waals surface area contributed by atoms with Gasteiger partial charge in [0.25, 0.3) is 0 Å². The molecule has 0 aromatic heterocycles. The lowest BCUT2D eigenvalue weighted by molar-refractivity contribution is 0.127. The largest absolute Gasteiger partial charge is 0.503 e. The van der Waals surface area contributed by atoms with Crippen LogP contribution in [0.2, 0.25) is 0 Å². The van der Waals surface area contributed by atoms with Gasteiger partial charge in [-0.1, -0.05) is 23.7 Å². The summed E-state index contributed by atoms with van der Waals surface area (Å²) < 4.78 is 5.25. The maximum absolute atomic E-state index is 10.4. The number of terminal acetylenes is 4. The number of nitrogens with zero attached hydrogens (tertiary/aromatic N) is 1. The monoisotopic (exact) mass is 307 g/mol. The van der Waals surface area contributed by atoms with Gasteiger partial charge in [0.15, 0.2) is 11.5 Å². The van der Waals surface area contributed by atoms with Crippen LogP contribution in [0.1, 0.15) is 17.2 Å². The molecule has 0 spiro atoms. The molecule has 116 valence electrons. The third-order valence-corrected chi connectivity index (χ3v) is 3.01. The summed E-state index contributed by atoms with van der Waals surface area (Å²) in [6.07, 6.45) is 20.2. The average molecular weight is 307 g/mol. The van der Waals surface area contributed by atoms with Crippen molar-refractivity contribution in [3.63, 3.8) is 0 Å². The maximum atomic E-state index is 10.4. The fourth-order valence-corrected chi connectivity index (χ4v) is 1.95. The summed E-state index contributed by atoms with van der Waals surface area (Å²) in [7, 11) is 0. The van der Waals surface area contributed by atoms with Gasteiger partial charge in [0.05, 0.1) is 24.8 Å². The minimum atomic E-state index is -0.905. The Morgan fingerprint density at radius 3 is 2.26 bits per heavy atom. The van der Waals surface area contributed by atoms with Gasteiger partial charge >= 0.3 is 0 Å². The Morgan fingerprint density at radius 1 is 1.09 bits per heavy atom. The fraction of sp³-hybridized carbons (Fsp3) is 0.263. The van der Waals surface area contributed by atoms with Crippen molar-refractivity contribution in [1.82, 2.24) is 4.90 Å². The van der Waals surface area contributed by atoms with Crippen LogP contribution in [0.25, 0.3) is 0 Å². The SMILES string of the molecule is C#CCOc1cc(C(O)CN(CC#C)CC#C)cc(C#C)c1O. The van der Waals surface area contributed by atoms with E-state index in [2.05, 4.69) is 23.7 Å². The van der Waals surface area contributed by atoms with E-state index < -0.39 is 6.10 Å². The van der Waals surface area contributed by atoms with Crippen LogP contribution >= 0.6 is 0 Å². The van der Waals surface area contributed by atoms with Crippen molar-refractivity contribution in [2.45, 2.75) is 6.10 Å². The number of hydrogen-bond acceptors (Lipinski definition) is 4. The number of rotatable bonds is 7. The molecule has 0 fully saturated rings. The van der Waals surface area contributed by atoms with Gasteiger partial charge in [-0.15, -0.1) is 25.7 Å². The molecule has 0 aliphatic heterocycles. The van der Waals surface area contributed by atoms with Gasteiger partial charge in [0.1, 0.15) is 6.61 Å². The minimum absolute atomic E-state index is 0.0303. The molecule has 4 heteroatoms. The van der Waals surface area contributed by atoms with E-state index in [4.69, 9.17) is 30.4 Å². The standard InChI is InChI=1S/C19H17NO3/c1-5-9-20(10-6-2)14-17(21)16-12-15(8-4)19(22)18(13-16)23-11-7-3/h1-4,12-13,17,21-22H,9-11,14H2. The van der Waals surface area contributed by atoms with Gasteiger partial charge in [-0.3, -0.25) is 4.90 Å². The van der Waals surface area contributed by atoms with Gasteiger partial charge in [-0.05, 0) is 17.7 Å². The van der Waals surface area contributed by atoms with Gasteiger partial charge in [0.2, 0.25) is 0 Å². The number of aromatic hydroxyl groups is 1. The average Bonchev–Trinajstić information content (AvgIpc) is 2.54. The number of aliphatic hydroxyl groups excluding tert-OH is 1. The lowest BCUT2D eigenvalue weighted by atomic mass is 10.0. The molecule has 1 rings (SSSR count). The van der Waals surface area contributed by atoms with Crippen molar-refractivity contribution < 1.29 is 14.9 Å². The first-order valence-corrected chi connectivity index (χ1v) is 6.74. The first kappa shape index (κ1) is 18.0. The van der Waals surface area contributed by atoms with Crippen molar-refractivity contribution in [3.05, 3.63) is 23.3 Å². The second-order valence-electron chi connectivity index (χ2n) is 4.65. The number of hydrogen-bond donors (Lipinski definition) is 2. The Balaban J connectivity index is 3.07. The minimum Gasteiger partial charge on any atom is -0.503 e. The molecule has 1 unspecified atom stereocenters. The van der Waals surface area contributed by atoms with Gasteiger partial charge in [0, 0.05) is 6.54 Å². The number of phenolic OH excluding ortho intramolecular Hbond substituents is 1. The highest BCUT2D eigenvalue weighted by Crippen LogP contribution is 2.33. The number of aliphatic hydroxyl groups is 1. The molecule has 1 aromatic carbocycles. The van der Waals surface area contributed by atoms with Crippen LogP contribution in [0.4, 0.5) is 0 Å². The van der Waals surface area contributed by atoms with E-state index in [0.29, 0.717) is 18.7 Å². The lowest BCUT2D eigenvalue weighted by Crippen LogP contribution is -2.29. The molecule has 0 aliphatic carbocycles. The quantitative estimate of drug-likeness (QED) is 0.738. The van der Waals surface area contributed by atoms with Crippen molar-refractivity contribution in [1.29, 1.82) is 0 Å². The van der Waals surface area contributed by atoms with Crippen LogP contribution < -0.4 is 4.74 Å². The number of benzene rings is 1. The molecule has 0 saturated carbocycles. The summed E-state index contributed by atoms with van der Waals surface area (Å²) in [5.74, 6) is 9.52. The highest BCUT2D eigenvalue weighted by Gasteiger charge is 2.17. The molecule has 0 saturated heterocycles. The Labute approximate surface area is 137 Å². The van der Waals surface area contributed by atoms with E-state index in [1.54, 1.807) is 4.90 Å². The smallest absolute Gasteiger partial charge is 0.173 e. The van der Waals surface area contributed by atoms with Crippen LogP contribution in [-0.2, 0) is 0 Å². The van der Waals surface area contributed by atoms with Gasteiger partial charge in [-0.2, -0.15) is 0 Å². The third kappa shape index (κ3) is 5.03. The molecule has 1 aromatic rings. The Kier molecular flexibility index (Phi) is 7.13. The maximum Gasteiger partial charge on any atom is 0.173 e. The number of ether oxygens (including phenoxy) is 1. The highest BCUT2D eigenvalue weighted by atomic mass is 16.5. The third-order valence-electron chi connectivity index (χ3n) is 3.01. The first-order valence-electron chi connectivity index (χ1n) is 6.74. The normalized spacial score (nSPS) is 10.9. The molecule has 2 N–H and O–H groups in total. The summed E-state index contributed by atoms with van der Waals surface area (Å²) in [5, 5.41) is 20.4. The van der Waals surface area contributed by atoms with Crippen molar-refractivity contribution in [2.24, 2.45) is 0 Å². The van der Waals surface area contributed by atoms with Crippen LogP contribution in [0.15, 0.2) is 12.1 Å². The molecule has 0 radical (unpaired) electrons. The van der Waals surface area contributed by atoms with Crippen molar-refractivity contribution in [2.75, 3.05) is 26.2 Å². The zero-order valence-corrected chi connectivity index (χ0v) is 12.6. The fourth-order valence-electron chi connectivity index (χ4n) is 1.95. The molecule has 0 amide bonds. The highest BCUT2D eigenvalue weighted by molar-refractivity contribution is 5.55. The summed E-state index contributed by atoms with van der Waals surface area (Å²) >= 11 is 0. The second-order valence-corrected chi connectivity index (χ2v) is 4.65. The summed E-state index contributed by atoms with van der Waals surface area (Å²) in [5.41, 5.74) is 0.677. The lowest BCUT2D eigenvalue weighted by Gasteiger charge is -2.22. The van der Waals surface area contributed by atoms with Gasteiger partial charge in [-0.25, -0.2) is 0 Å². The van der Waals surface area contributed by atoms with E-state index in [1.165, 1.54) is 12.1 Å². The predicted octanol–water partition coefficient (Wildman–Crippen LogP) is 0.987. The van der Waals surface area contributed by atoms with E-state index in [9.17, 15) is 10.2 Å². The zero-order chi connectivity index (χ0) is 17.2. The molecule has 0 aliphatic rings. The summed E-state index contributed by atoms with van der Waals surface area (Å²) in [6.45, 7) is 0.804. The topological polar surface area (TPSA) is 52.9 Å². The van der Waals surface area contributed by atoms with Crippen LogP contribution in [0.5, 0.6) is 11.5 Å². The summed E-state index contributed by atoms with van der Waals surface area (Å²) in [6, 6.07) is 2.99. The molecule has 0 bridgehead atoms. The predicted molar refractivity (Wildman–Crippen MR) is 89.4 cm³/mol. The molecule has 1 atom stereocenters. The van der Waals surface area contributed by atoms with E-state index in [1.807, 2.05) is 0 Å². The second kappa shape index (κ2) is 9.09. The summed E-state index contributed by atoms with van der Waals surface area (Å²) in [4.78, 5) is 1.73. The van der Waals surface area contributed by atoms with E-state index in [0.717, 1.165) is 0 Å². The molecule has 4 nitrogen and oxygen atoms in total. The van der Waals surface area contributed by atoms with Crippen molar-refractivity contribution in [3.8, 4) is 60.9 Å². The van der Waals surface area contributed by atoms with E-state index in [-0.39, 0.29) is 30.2 Å². The molecular weight excluding hydrogens is 290 g/mol. The van der Waals surface area contributed by atoms with E-state index >= 15 is 0 Å². The first-order chi connectivity index (χ1) is 11.1. The Hall–Kier alpha value is -3.02. The Bertz CT molecular complexity index is 694. The molecule has 23 heavy (non-hydrogen) atoms. The molecule has 0 heterocycles. The molecular formula is C19H17NO3. The van der Waals surface area contributed by atoms with Crippen LogP contribution in [0.3, 0.4) is 0 Å². The van der Waals surface area contributed by atoms with Crippen LogP contribution in [0, 0.1) is 49.4 Å². The van der Waals surface area contributed by atoms with Gasteiger partial charge < -0.3 is 14.9 Å². The number of phenols is 1. The Morgan fingerprint density at radius 2 is 1.74 bits per heavy atom. The van der Waals surface area contributed by atoms with Crippen LogP contribution in [-0.4, -0.2) is 41.4 Å². The van der Waals surface area contributed by atoms with Crippen molar-refractivity contribution >= 4 is 0 Å².